The van der Waals surface area contributed by atoms with Crippen LogP contribution in [-0.4, -0.2) is 13.7 Å². The highest BCUT2D eigenvalue weighted by atomic mass is 35.5. The largest absolute Gasteiger partial charge is 0.497 e. The Morgan fingerprint density at radius 2 is 2.00 bits per heavy atom. The minimum Gasteiger partial charge on any atom is -0.497 e. The molecule has 0 saturated carbocycles. The van der Waals surface area contributed by atoms with Gasteiger partial charge in [-0.3, -0.25) is 0 Å². The van der Waals surface area contributed by atoms with Crippen molar-refractivity contribution in [1.29, 1.82) is 0 Å². The van der Waals surface area contributed by atoms with Crippen LogP contribution in [0.4, 0.5) is 0 Å². The van der Waals surface area contributed by atoms with Crippen molar-refractivity contribution in [1.82, 2.24) is 0 Å². The number of nitrogens with two attached hydrogens (primary N) is 2. The maximum Gasteiger partial charge on any atom is 0.119 e. The molecule has 4 N–H and O–H groups in total. The van der Waals surface area contributed by atoms with Crippen LogP contribution in [0.25, 0.3) is 0 Å². The molecule has 0 saturated heterocycles. The monoisotopic (exact) mass is 238 g/mol. The highest BCUT2D eigenvalue weighted by Gasteiger charge is 2.03. The fourth-order valence-corrected chi connectivity index (χ4v) is 1.01. The van der Waals surface area contributed by atoms with E-state index in [0.29, 0.717) is 6.54 Å². The Bertz CT molecular complexity index is 258. The summed E-state index contributed by atoms with van der Waals surface area (Å²) >= 11 is 0. The second kappa shape index (κ2) is 7.88. The summed E-state index contributed by atoms with van der Waals surface area (Å²) in [5, 5.41) is 0. The molecule has 1 aromatic carbocycles. The molecule has 0 unspecified atom stereocenters. The van der Waals surface area contributed by atoms with Crippen LogP contribution in [0.3, 0.4) is 0 Å². The zero-order valence-corrected chi connectivity index (χ0v) is 9.61. The van der Waals surface area contributed by atoms with Gasteiger partial charge in [0, 0.05) is 12.6 Å². The Morgan fingerprint density at radius 1 is 1.36 bits per heavy atom. The molecule has 0 heterocycles. The fraction of sp³-hybridized carbons (Fsp3) is 0.333. The first-order valence-corrected chi connectivity index (χ1v) is 3.87. The molecule has 1 aromatic rings. The molecule has 0 fully saturated rings. The van der Waals surface area contributed by atoms with Gasteiger partial charge in [-0.2, -0.15) is 0 Å². The zero-order chi connectivity index (χ0) is 8.97. The minimum absolute atomic E-state index is 0. The average Bonchev–Trinajstić information content (AvgIpc) is 2.17. The second-order valence-corrected chi connectivity index (χ2v) is 2.62. The molecular formula is C9H16Cl2N2O. The predicted molar refractivity (Wildman–Crippen MR) is 63.5 cm³/mol. The standard InChI is InChI=1S/C9H14N2O.2ClH/c1-12-8-4-2-3-7(5-8)9(11)6-10;;/h2-5,9H,6,10-11H2,1H3;2*1H/t9-;;/m0../s1. The van der Waals surface area contributed by atoms with Gasteiger partial charge in [0.05, 0.1) is 7.11 Å². The average molecular weight is 239 g/mol. The molecule has 3 nitrogen and oxygen atoms in total. The SMILES string of the molecule is COc1cccc([C@@H](N)CN)c1.Cl.Cl. The number of rotatable bonds is 3. The smallest absolute Gasteiger partial charge is 0.119 e. The summed E-state index contributed by atoms with van der Waals surface area (Å²) in [6.45, 7) is 0.452. The minimum atomic E-state index is -0.0971. The lowest BCUT2D eigenvalue weighted by atomic mass is 10.1. The van der Waals surface area contributed by atoms with Crippen LogP contribution in [0.1, 0.15) is 11.6 Å². The van der Waals surface area contributed by atoms with Crippen molar-refractivity contribution >= 4 is 24.8 Å². The molecule has 0 aliphatic carbocycles. The molecule has 0 amide bonds. The van der Waals surface area contributed by atoms with E-state index in [1.807, 2.05) is 24.3 Å². The third kappa shape index (κ3) is 4.15. The molecule has 0 aliphatic heterocycles. The van der Waals surface area contributed by atoms with E-state index in [1.54, 1.807) is 7.11 Å². The third-order valence-electron chi connectivity index (χ3n) is 1.78. The summed E-state index contributed by atoms with van der Waals surface area (Å²) in [4.78, 5) is 0. The summed E-state index contributed by atoms with van der Waals surface area (Å²) in [6, 6.07) is 7.54. The summed E-state index contributed by atoms with van der Waals surface area (Å²) in [6.07, 6.45) is 0. The molecule has 5 heteroatoms. The number of halogens is 2. The van der Waals surface area contributed by atoms with Crippen molar-refractivity contribution in [2.45, 2.75) is 6.04 Å². The molecule has 0 aliphatic rings. The van der Waals surface area contributed by atoms with E-state index in [1.165, 1.54) is 0 Å². The van der Waals surface area contributed by atoms with Gasteiger partial charge in [-0.05, 0) is 17.7 Å². The Labute approximate surface area is 96.6 Å². The molecular weight excluding hydrogens is 223 g/mol. The number of benzene rings is 1. The maximum absolute atomic E-state index is 5.74. The van der Waals surface area contributed by atoms with E-state index < -0.39 is 0 Å². The van der Waals surface area contributed by atoms with Crippen molar-refractivity contribution in [3.8, 4) is 5.75 Å². The van der Waals surface area contributed by atoms with Gasteiger partial charge in [0.1, 0.15) is 5.75 Å². The highest BCUT2D eigenvalue weighted by Crippen LogP contribution is 2.16. The van der Waals surface area contributed by atoms with Crippen molar-refractivity contribution in [2.24, 2.45) is 11.5 Å². The quantitative estimate of drug-likeness (QED) is 0.840. The number of hydrogen-bond acceptors (Lipinski definition) is 3. The fourth-order valence-electron chi connectivity index (χ4n) is 1.01. The molecule has 1 rings (SSSR count). The lowest BCUT2D eigenvalue weighted by molar-refractivity contribution is 0.414. The van der Waals surface area contributed by atoms with Crippen LogP contribution in [0.2, 0.25) is 0 Å². The molecule has 0 aromatic heterocycles. The van der Waals surface area contributed by atoms with Crippen LogP contribution < -0.4 is 16.2 Å². The van der Waals surface area contributed by atoms with E-state index in [2.05, 4.69) is 0 Å². The van der Waals surface area contributed by atoms with E-state index >= 15 is 0 Å². The summed E-state index contributed by atoms with van der Waals surface area (Å²) < 4.78 is 5.05. The molecule has 14 heavy (non-hydrogen) atoms. The third-order valence-corrected chi connectivity index (χ3v) is 1.78. The van der Waals surface area contributed by atoms with Crippen LogP contribution in [-0.2, 0) is 0 Å². The van der Waals surface area contributed by atoms with Crippen LogP contribution >= 0.6 is 24.8 Å². The lowest BCUT2D eigenvalue weighted by Crippen LogP contribution is -2.20. The molecule has 0 spiro atoms. The van der Waals surface area contributed by atoms with E-state index in [4.69, 9.17) is 16.2 Å². The van der Waals surface area contributed by atoms with Crippen molar-refractivity contribution < 1.29 is 4.74 Å². The molecule has 82 valence electrons. The van der Waals surface area contributed by atoms with Gasteiger partial charge in [-0.25, -0.2) is 0 Å². The van der Waals surface area contributed by atoms with Crippen molar-refractivity contribution in [3.63, 3.8) is 0 Å². The topological polar surface area (TPSA) is 61.3 Å². The van der Waals surface area contributed by atoms with Gasteiger partial charge in [-0.15, -0.1) is 24.8 Å². The van der Waals surface area contributed by atoms with E-state index in [0.717, 1.165) is 11.3 Å². The molecule has 1 atom stereocenters. The van der Waals surface area contributed by atoms with Crippen LogP contribution in [0, 0.1) is 0 Å². The first-order chi connectivity index (χ1) is 5.77. The van der Waals surface area contributed by atoms with Gasteiger partial charge in [0.25, 0.3) is 0 Å². The number of methoxy groups -OCH3 is 1. The first kappa shape index (κ1) is 16.0. The Kier molecular flexibility index (Phi) is 8.99. The van der Waals surface area contributed by atoms with Gasteiger partial charge >= 0.3 is 0 Å². The number of ether oxygens (including phenoxy) is 1. The van der Waals surface area contributed by atoms with Gasteiger partial charge in [0.2, 0.25) is 0 Å². The normalized spacial score (nSPS) is 10.8. The zero-order valence-electron chi connectivity index (χ0n) is 7.97. The van der Waals surface area contributed by atoms with Gasteiger partial charge in [-0.1, -0.05) is 12.1 Å². The van der Waals surface area contributed by atoms with Crippen molar-refractivity contribution in [2.75, 3.05) is 13.7 Å². The lowest BCUT2D eigenvalue weighted by Gasteiger charge is -2.09. The predicted octanol–water partition coefficient (Wildman–Crippen LogP) is 1.50. The number of hydrogen-bond donors (Lipinski definition) is 2. The Morgan fingerprint density at radius 3 is 2.50 bits per heavy atom. The highest BCUT2D eigenvalue weighted by molar-refractivity contribution is 5.85. The van der Waals surface area contributed by atoms with Gasteiger partial charge in [0.15, 0.2) is 0 Å². The maximum atomic E-state index is 5.74. The van der Waals surface area contributed by atoms with Crippen LogP contribution in [0.15, 0.2) is 24.3 Å². The molecule has 0 bridgehead atoms. The Balaban J connectivity index is 0. The van der Waals surface area contributed by atoms with Gasteiger partial charge < -0.3 is 16.2 Å². The molecule has 0 radical (unpaired) electrons. The first-order valence-electron chi connectivity index (χ1n) is 3.87. The summed E-state index contributed by atoms with van der Waals surface area (Å²) in [5.74, 6) is 0.816. The summed E-state index contributed by atoms with van der Waals surface area (Å²) in [7, 11) is 1.63. The van der Waals surface area contributed by atoms with E-state index in [-0.39, 0.29) is 30.9 Å². The summed E-state index contributed by atoms with van der Waals surface area (Å²) in [5.41, 5.74) is 12.2. The van der Waals surface area contributed by atoms with Crippen LogP contribution in [0.5, 0.6) is 5.75 Å². The Hall–Kier alpha value is -0.480. The van der Waals surface area contributed by atoms with Crippen molar-refractivity contribution in [3.05, 3.63) is 29.8 Å². The van der Waals surface area contributed by atoms with E-state index in [9.17, 15) is 0 Å². The second-order valence-electron chi connectivity index (χ2n) is 2.62.